The fourth-order valence-corrected chi connectivity index (χ4v) is 2.45. The smallest absolute Gasteiger partial charge is 0.255 e. The molecule has 22 heavy (non-hydrogen) atoms. The fourth-order valence-electron chi connectivity index (χ4n) is 2.45. The molecule has 1 saturated heterocycles. The maximum absolute atomic E-state index is 12.3. The van der Waals surface area contributed by atoms with Crippen LogP contribution in [0.3, 0.4) is 0 Å². The lowest BCUT2D eigenvalue weighted by molar-refractivity contribution is -0.121. The number of nitrogens with one attached hydrogen (secondary N) is 2. The number of hydrogen-bond acceptors (Lipinski definition) is 5. The minimum Gasteiger partial charge on any atom is -0.378 e. The number of carbonyl (C=O) groups excluding carboxylic acids is 1. The summed E-state index contributed by atoms with van der Waals surface area (Å²) < 4.78 is 5.30. The summed E-state index contributed by atoms with van der Waals surface area (Å²) in [4.78, 5) is 33.3. The molecule has 2 heterocycles. The van der Waals surface area contributed by atoms with Crippen molar-refractivity contribution in [2.45, 2.75) is 39.7 Å². The summed E-state index contributed by atoms with van der Waals surface area (Å²) in [6.45, 7) is 8.36. The number of rotatable bonds is 5. The highest BCUT2D eigenvalue weighted by atomic mass is 16.5. The number of aromatic nitrogens is 2. The van der Waals surface area contributed by atoms with E-state index >= 15 is 0 Å². The highest BCUT2D eigenvalue weighted by Crippen LogP contribution is 2.11. The average molecular weight is 308 g/mol. The molecule has 1 fully saturated rings. The molecule has 0 spiro atoms. The largest absolute Gasteiger partial charge is 0.378 e. The molecule has 0 atom stereocenters. The maximum Gasteiger partial charge on any atom is 0.255 e. The van der Waals surface area contributed by atoms with Gasteiger partial charge in [0.1, 0.15) is 0 Å². The van der Waals surface area contributed by atoms with Crippen molar-refractivity contribution in [2.75, 3.05) is 31.2 Å². The molecule has 1 aromatic heterocycles. The molecular weight excluding hydrogens is 284 g/mol. The van der Waals surface area contributed by atoms with Crippen molar-refractivity contribution in [3.05, 3.63) is 21.6 Å². The predicted molar refractivity (Wildman–Crippen MR) is 84.2 cm³/mol. The van der Waals surface area contributed by atoms with Crippen LogP contribution in [-0.4, -0.2) is 48.2 Å². The molecule has 122 valence electrons. The third-order valence-electron chi connectivity index (χ3n) is 3.57. The number of anilines is 1. The van der Waals surface area contributed by atoms with Gasteiger partial charge in [-0.05, 0) is 27.2 Å². The summed E-state index contributed by atoms with van der Waals surface area (Å²) in [6.07, 6.45) is 0.691. The molecule has 0 radical (unpaired) electrons. The highest BCUT2D eigenvalue weighted by molar-refractivity contribution is 5.76. The van der Waals surface area contributed by atoms with Gasteiger partial charge in [0.2, 0.25) is 11.9 Å². The molecule has 0 unspecified atom stereocenters. The summed E-state index contributed by atoms with van der Waals surface area (Å²) >= 11 is 0. The van der Waals surface area contributed by atoms with Crippen LogP contribution in [0.5, 0.6) is 0 Å². The van der Waals surface area contributed by atoms with Crippen molar-refractivity contribution in [1.29, 1.82) is 0 Å². The van der Waals surface area contributed by atoms with E-state index in [2.05, 4.69) is 15.3 Å². The van der Waals surface area contributed by atoms with Gasteiger partial charge in [-0.2, -0.15) is 0 Å². The van der Waals surface area contributed by atoms with Crippen molar-refractivity contribution in [3.8, 4) is 0 Å². The molecule has 1 aromatic rings. The highest BCUT2D eigenvalue weighted by Gasteiger charge is 2.16. The topological polar surface area (TPSA) is 87.3 Å². The number of hydrogen-bond donors (Lipinski definition) is 2. The van der Waals surface area contributed by atoms with Crippen LogP contribution in [0.4, 0.5) is 5.95 Å². The van der Waals surface area contributed by atoms with Crippen molar-refractivity contribution in [2.24, 2.45) is 0 Å². The van der Waals surface area contributed by atoms with Crippen molar-refractivity contribution in [1.82, 2.24) is 15.3 Å². The number of aromatic amines is 1. The molecule has 0 aliphatic carbocycles. The first-order valence-corrected chi connectivity index (χ1v) is 7.69. The van der Waals surface area contributed by atoms with Gasteiger partial charge in [-0.1, -0.05) is 0 Å². The van der Waals surface area contributed by atoms with Gasteiger partial charge in [-0.25, -0.2) is 4.98 Å². The van der Waals surface area contributed by atoms with E-state index in [1.54, 1.807) is 0 Å². The monoisotopic (exact) mass is 308 g/mol. The lowest BCUT2D eigenvalue weighted by Gasteiger charge is -2.27. The zero-order chi connectivity index (χ0) is 16.1. The Bertz CT molecular complexity index is 577. The first-order chi connectivity index (χ1) is 10.5. The molecule has 1 amide bonds. The lowest BCUT2D eigenvalue weighted by atomic mass is 10.1. The van der Waals surface area contributed by atoms with Gasteiger partial charge in [0.05, 0.1) is 13.2 Å². The molecule has 7 nitrogen and oxygen atoms in total. The Balaban J connectivity index is 2.06. The predicted octanol–water partition coefficient (Wildman–Crippen LogP) is 0.372. The Hall–Kier alpha value is -1.89. The molecule has 0 saturated carbocycles. The van der Waals surface area contributed by atoms with E-state index in [0.717, 1.165) is 13.1 Å². The minimum atomic E-state index is -0.161. The Morgan fingerprint density at radius 1 is 1.41 bits per heavy atom. The van der Waals surface area contributed by atoms with Crippen molar-refractivity contribution < 1.29 is 9.53 Å². The molecule has 0 bridgehead atoms. The summed E-state index contributed by atoms with van der Waals surface area (Å²) in [7, 11) is 0. The molecule has 1 aliphatic heterocycles. The lowest BCUT2D eigenvalue weighted by Crippen LogP contribution is -2.38. The molecule has 2 N–H and O–H groups in total. The SMILES string of the molecule is Cc1nc(N2CCOCC2)[nH]c(=O)c1CCC(=O)NC(C)C. The van der Waals surface area contributed by atoms with Crippen LogP contribution >= 0.6 is 0 Å². The second kappa shape index (κ2) is 7.40. The second-order valence-electron chi connectivity index (χ2n) is 5.78. The Morgan fingerprint density at radius 2 is 2.09 bits per heavy atom. The number of morpholine rings is 1. The summed E-state index contributed by atoms with van der Waals surface area (Å²) in [5.41, 5.74) is 1.10. The van der Waals surface area contributed by atoms with Crippen LogP contribution in [0, 0.1) is 6.92 Å². The van der Waals surface area contributed by atoms with Gasteiger partial charge in [0.15, 0.2) is 0 Å². The number of carbonyl (C=O) groups is 1. The van der Waals surface area contributed by atoms with Gasteiger partial charge in [-0.3, -0.25) is 14.6 Å². The summed E-state index contributed by atoms with van der Waals surface area (Å²) in [6, 6.07) is 0.105. The first-order valence-electron chi connectivity index (χ1n) is 7.69. The van der Waals surface area contributed by atoms with E-state index in [4.69, 9.17) is 4.74 Å². The third-order valence-corrected chi connectivity index (χ3v) is 3.57. The fraction of sp³-hybridized carbons (Fsp3) is 0.667. The van der Waals surface area contributed by atoms with Gasteiger partial charge in [-0.15, -0.1) is 0 Å². The Morgan fingerprint density at radius 3 is 2.68 bits per heavy atom. The quantitative estimate of drug-likeness (QED) is 0.821. The van der Waals surface area contributed by atoms with E-state index in [1.165, 1.54) is 0 Å². The number of nitrogens with zero attached hydrogens (tertiary/aromatic N) is 2. The van der Waals surface area contributed by atoms with Gasteiger partial charge >= 0.3 is 0 Å². The third kappa shape index (κ3) is 4.30. The molecule has 0 aromatic carbocycles. The van der Waals surface area contributed by atoms with Gasteiger partial charge in [0, 0.05) is 36.8 Å². The van der Waals surface area contributed by atoms with Crippen LogP contribution in [0.15, 0.2) is 4.79 Å². The molecule has 1 aliphatic rings. The zero-order valence-corrected chi connectivity index (χ0v) is 13.4. The summed E-state index contributed by atoms with van der Waals surface area (Å²) in [5, 5.41) is 2.82. The van der Waals surface area contributed by atoms with Crippen LogP contribution in [0.2, 0.25) is 0 Å². The van der Waals surface area contributed by atoms with E-state index in [-0.39, 0.29) is 17.5 Å². The van der Waals surface area contributed by atoms with E-state index in [0.29, 0.717) is 43.3 Å². The van der Waals surface area contributed by atoms with E-state index in [1.807, 2.05) is 25.7 Å². The standard InChI is InChI=1S/C15H24N4O3/c1-10(2)16-13(20)5-4-12-11(3)17-15(18-14(12)21)19-6-8-22-9-7-19/h10H,4-9H2,1-3H3,(H,16,20)(H,17,18,21). The van der Waals surface area contributed by atoms with E-state index < -0.39 is 0 Å². The zero-order valence-electron chi connectivity index (χ0n) is 13.4. The second-order valence-corrected chi connectivity index (χ2v) is 5.78. The number of amides is 1. The average Bonchev–Trinajstić information content (AvgIpc) is 2.46. The molecule has 2 rings (SSSR count). The van der Waals surface area contributed by atoms with Crippen LogP contribution in [0.25, 0.3) is 0 Å². The van der Waals surface area contributed by atoms with Crippen LogP contribution in [-0.2, 0) is 16.0 Å². The number of ether oxygens (including phenoxy) is 1. The van der Waals surface area contributed by atoms with Crippen molar-refractivity contribution in [3.63, 3.8) is 0 Å². The Kier molecular flexibility index (Phi) is 5.54. The van der Waals surface area contributed by atoms with Crippen LogP contribution in [0.1, 0.15) is 31.5 Å². The van der Waals surface area contributed by atoms with Crippen molar-refractivity contribution >= 4 is 11.9 Å². The van der Waals surface area contributed by atoms with E-state index in [9.17, 15) is 9.59 Å². The number of aryl methyl sites for hydroxylation is 1. The Labute approximate surface area is 130 Å². The number of H-pyrrole nitrogens is 1. The van der Waals surface area contributed by atoms with Gasteiger partial charge in [0.25, 0.3) is 5.56 Å². The maximum atomic E-state index is 12.3. The van der Waals surface area contributed by atoms with Gasteiger partial charge < -0.3 is 15.0 Å². The first kappa shape index (κ1) is 16.5. The summed E-state index contributed by atoms with van der Waals surface area (Å²) in [5.74, 6) is 0.534. The molecular formula is C15H24N4O3. The molecule has 7 heteroatoms. The normalized spacial score (nSPS) is 15.2. The van der Waals surface area contributed by atoms with Crippen LogP contribution < -0.4 is 15.8 Å². The minimum absolute atomic E-state index is 0.0499.